The van der Waals surface area contributed by atoms with Crippen LogP contribution in [-0.2, 0) is 14.8 Å². The average molecular weight is 244 g/mol. The zero-order valence-electron chi connectivity index (χ0n) is 9.04. The molecule has 0 bridgehead atoms. The number of sulfonamides is 1. The Hall–Kier alpha value is -1.34. The Kier molecular flexibility index (Phi) is 3.71. The predicted molar refractivity (Wildman–Crippen MR) is 60.2 cm³/mol. The fourth-order valence-electron chi connectivity index (χ4n) is 1.35. The number of amides is 1. The van der Waals surface area contributed by atoms with Crippen molar-refractivity contribution in [1.82, 2.24) is 9.62 Å². The molecule has 1 radical (unpaired) electrons. The zero-order valence-corrected chi connectivity index (χ0v) is 9.86. The molecule has 1 heterocycles. The third-order valence-electron chi connectivity index (χ3n) is 2.03. The predicted octanol–water partition coefficient (Wildman–Crippen LogP) is -1.06. The molecule has 7 heteroatoms. The van der Waals surface area contributed by atoms with Gasteiger partial charge in [-0.05, 0) is 24.8 Å². The number of likely N-dealkylation sites (N-methyl/N-ethyl adjacent to an activating group) is 1. The number of nitrogens with two attached hydrogens (primary N) is 1. The van der Waals surface area contributed by atoms with E-state index in [4.69, 9.17) is 5.73 Å². The average Bonchev–Trinajstić information content (AvgIpc) is 2.14. The summed E-state index contributed by atoms with van der Waals surface area (Å²) in [7, 11) is -1.70. The van der Waals surface area contributed by atoms with E-state index in [9.17, 15) is 13.2 Å². The molecule has 1 rings (SSSR count). The van der Waals surface area contributed by atoms with Crippen LogP contribution in [0.2, 0.25) is 0 Å². The van der Waals surface area contributed by atoms with E-state index in [1.807, 2.05) is 0 Å². The molecule has 1 amide bonds. The van der Waals surface area contributed by atoms with E-state index in [2.05, 4.69) is 5.32 Å². The van der Waals surface area contributed by atoms with Gasteiger partial charge in [0.15, 0.2) is 0 Å². The maximum Gasteiger partial charge on any atom is 0.233 e. The van der Waals surface area contributed by atoms with E-state index in [0.717, 1.165) is 10.6 Å². The first-order valence-electron chi connectivity index (χ1n) is 4.54. The Labute approximate surface area is 94.8 Å². The third-order valence-corrected chi connectivity index (χ3v) is 3.14. The van der Waals surface area contributed by atoms with Crippen LogP contribution in [0.4, 0.5) is 0 Å². The van der Waals surface area contributed by atoms with Crippen molar-refractivity contribution >= 4 is 15.9 Å². The van der Waals surface area contributed by atoms with E-state index >= 15 is 0 Å². The van der Waals surface area contributed by atoms with Crippen LogP contribution in [0.3, 0.4) is 0 Å². The van der Waals surface area contributed by atoms with Gasteiger partial charge in [-0.3, -0.25) is 14.4 Å². The molecule has 0 aromatic heterocycles. The standard InChI is InChI=1S/C9H14N3O3S/c1-11-9-6-7(5-8(10)13)3-4-12(9)16(2,14)15/h3-6,9,11H,1-2H3,(H2,10,13)/t9-/m0/s1. The number of primary amides is 1. The van der Waals surface area contributed by atoms with Gasteiger partial charge in [-0.25, -0.2) is 8.42 Å². The Morgan fingerprint density at radius 3 is 2.69 bits per heavy atom. The topological polar surface area (TPSA) is 92.5 Å². The molecule has 0 saturated heterocycles. The number of rotatable bonds is 4. The van der Waals surface area contributed by atoms with E-state index in [1.165, 1.54) is 18.7 Å². The van der Waals surface area contributed by atoms with Crippen LogP contribution >= 0.6 is 0 Å². The van der Waals surface area contributed by atoms with E-state index in [0.29, 0.717) is 5.57 Å². The summed E-state index contributed by atoms with van der Waals surface area (Å²) in [6, 6.07) is 0. The molecule has 6 nitrogen and oxygen atoms in total. The van der Waals surface area contributed by atoms with Crippen LogP contribution in [0.5, 0.6) is 0 Å². The van der Waals surface area contributed by atoms with Gasteiger partial charge in [-0.1, -0.05) is 0 Å². The molecule has 1 aliphatic heterocycles. The molecule has 0 aromatic rings. The highest BCUT2D eigenvalue weighted by atomic mass is 32.2. The van der Waals surface area contributed by atoms with Gasteiger partial charge >= 0.3 is 0 Å². The minimum Gasteiger partial charge on any atom is -0.369 e. The summed E-state index contributed by atoms with van der Waals surface area (Å²) < 4.78 is 23.9. The molecule has 0 fully saturated rings. The summed E-state index contributed by atoms with van der Waals surface area (Å²) in [4.78, 5) is 10.7. The lowest BCUT2D eigenvalue weighted by molar-refractivity contribution is -0.114. The minimum atomic E-state index is -3.33. The number of nitrogens with zero attached hydrogens (tertiary/aromatic N) is 1. The zero-order chi connectivity index (χ0) is 12.3. The Bertz CT molecular complexity index is 439. The van der Waals surface area contributed by atoms with Crippen molar-refractivity contribution < 1.29 is 13.2 Å². The smallest absolute Gasteiger partial charge is 0.233 e. The number of allylic oxidation sites excluding steroid dienone is 1. The Morgan fingerprint density at radius 2 is 2.25 bits per heavy atom. The number of hydrogen-bond acceptors (Lipinski definition) is 4. The van der Waals surface area contributed by atoms with Crippen molar-refractivity contribution in [3.63, 3.8) is 0 Å². The van der Waals surface area contributed by atoms with Crippen molar-refractivity contribution in [3.8, 4) is 0 Å². The van der Waals surface area contributed by atoms with Gasteiger partial charge in [-0.15, -0.1) is 0 Å². The summed E-state index contributed by atoms with van der Waals surface area (Å²) in [6.07, 6.45) is 6.35. The minimum absolute atomic E-state index is 0.509. The fourth-order valence-corrected chi connectivity index (χ4v) is 2.21. The second-order valence-electron chi connectivity index (χ2n) is 3.36. The SMILES string of the molecule is CN[C@@H]1C=C([CH]C(N)=O)C=CN1S(C)(=O)=O. The van der Waals surface area contributed by atoms with Crippen LogP contribution in [0.25, 0.3) is 0 Å². The van der Waals surface area contributed by atoms with Crippen LogP contribution in [0.15, 0.2) is 23.9 Å². The number of carbonyl (C=O) groups excluding carboxylic acids is 1. The fraction of sp³-hybridized carbons (Fsp3) is 0.333. The maximum atomic E-state index is 11.4. The molecule has 3 N–H and O–H groups in total. The van der Waals surface area contributed by atoms with Gasteiger partial charge < -0.3 is 5.73 Å². The molecule has 0 aliphatic carbocycles. The molecule has 89 valence electrons. The molecule has 0 saturated carbocycles. The Balaban J connectivity index is 2.92. The molecule has 0 spiro atoms. The molecule has 0 unspecified atom stereocenters. The lowest BCUT2D eigenvalue weighted by Gasteiger charge is -2.29. The Morgan fingerprint density at radius 1 is 1.62 bits per heavy atom. The van der Waals surface area contributed by atoms with E-state index < -0.39 is 22.1 Å². The van der Waals surface area contributed by atoms with Crippen molar-refractivity contribution in [3.05, 3.63) is 30.3 Å². The summed E-state index contributed by atoms with van der Waals surface area (Å²) in [5.74, 6) is -0.571. The highest BCUT2D eigenvalue weighted by Crippen LogP contribution is 2.16. The van der Waals surface area contributed by atoms with Gasteiger partial charge in [0.05, 0.1) is 12.7 Å². The van der Waals surface area contributed by atoms with Crippen molar-refractivity contribution in [2.45, 2.75) is 6.17 Å². The molecule has 1 atom stereocenters. The van der Waals surface area contributed by atoms with Gasteiger partial charge in [0.1, 0.15) is 6.17 Å². The summed E-state index contributed by atoms with van der Waals surface area (Å²) in [5.41, 5.74) is 5.58. The van der Waals surface area contributed by atoms with Crippen LogP contribution in [0.1, 0.15) is 0 Å². The largest absolute Gasteiger partial charge is 0.369 e. The highest BCUT2D eigenvalue weighted by Gasteiger charge is 2.23. The monoisotopic (exact) mass is 244 g/mol. The van der Waals surface area contributed by atoms with Crippen LogP contribution in [0, 0.1) is 6.42 Å². The molecule has 1 aliphatic rings. The summed E-state index contributed by atoms with van der Waals surface area (Å²) in [6.45, 7) is 0. The number of nitrogens with one attached hydrogen (secondary N) is 1. The van der Waals surface area contributed by atoms with Crippen molar-refractivity contribution in [1.29, 1.82) is 0 Å². The first kappa shape index (κ1) is 12.7. The number of hydrogen-bond donors (Lipinski definition) is 2. The first-order valence-corrected chi connectivity index (χ1v) is 6.39. The van der Waals surface area contributed by atoms with E-state index in [-0.39, 0.29) is 0 Å². The quantitative estimate of drug-likeness (QED) is 0.659. The normalized spacial score (nSPS) is 20.8. The van der Waals surface area contributed by atoms with Crippen LogP contribution < -0.4 is 11.1 Å². The van der Waals surface area contributed by atoms with Crippen LogP contribution in [-0.4, -0.2) is 38.1 Å². The highest BCUT2D eigenvalue weighted by molar-refractivity contribution is 7.88. The summed E-state index contributed by atoms with van der Waals surface area (Å²) in [5, 5.41) is 2.81. The molecule has 0 aromatic carbocycles. The lowest BCUT2D eigenvalue weighted by Crippen LogP contribution is -2.44. The molecular formula is C9H14N3O3S. The summed E-state index contributed by atoms with van der Waals surface area (Å²) >= 11 is 0. The van der Waals surface area contributed by atoms with Crippen molar-refractivity contribution in [2.75, 3.05) is 13.3 Å². The molecular weight excluding hydrogens is 230 g/mol. The first-order chi connectivity index (χ1) is 7.34. The lowest BCUT2D eigenvalue weighted by atomic mass is 10.1. The molecule has 16 heavy (non-hydrogen) atoms. The number of carbonyl (C=O) groups is 1. The van der Waals surface area contributed by atoms with Crippen molar-refractivity contribution in [2.24, 2.45) is 5.73 Å². The van der Waals surface area contributed by atoms with Gasteiger partial charge in [0.25, 0.3) is 0 Å². The third kappa shape index (κ3) is 3.07. The maximum absolute atomic E-state index is 11.4. The van der Waals surface area contributed by atoms with Gasteiger partial charge in [0, 0.05) is 6.20 Å². The second kappa shape index (κ2) is 4.67. The second-order valence-corrected chi connectivity index (χ2v) is 5.24. The van der Waals surface area contributed by atoms with Gasteiger partial charge in [-0.2, -0.15) is 0 Å². The van der Waals surface area contributed by atoms with Gasteiger partial charge in [0.2, 0.25) is 15.9 Å². The van der Waals surface area contributed by atoms with E-state index in [1.54, 1.807) is 13.1 Å².